The number of aryl methyl sites for hydroxylation is 1. The Bertz CT molecular complexity index is 1060. The minimum atomic E-state index is -3.58. The van der Waals surface area contributed by atoms with E-state index in [1.165, 1.54) is 28.3 Å². The van der Waals surface area contributed by atoms with Crippen LogP contribution in [0.5, 0.6) is 5.75 Å². The van der Waals surface area contributed by atoms with Crippen LogP contribution in [0.25, 0.3) is 0 Å². The van der Waals surface area contributed by atoms with Gasteiger partial charge in [-0.25, -0.2) is 8.42 Å². The van der Waals surface area contributed by atoms with E-state index >= 15 is 0 Å². The van der Waals surface area contributed by atoms with E-state index in [1.807, 2.05) is 24.3 Å². The van der Waals surface area contributed by atoms with E-state index in [2.05, 4.69) is 12.2 Å². The molecule has 0 spiro atoms. The Labute approximate surface area is 181 Å². The van der Waals surface area contributed by atoms with Crippen LogP contribution >= 0.6 is 11.3 Å². The summed E-state index contributed by atoms with van der Waals surface area (Å²) in [6.07, 6.45) is 2.09. The van der Waals surface area contributed by atoms with Crippen LogP contribution in [0.3, 0.4) is 0 Å². The second-order valence-corrected chi connectivity index (χ2v) is 9.83. The Balaban J connectivity index is 1.54. The molecule has 30 heavy (non-hydrogen) atoms. The number of rotatable bonds is 9. The summed E-state index contributed by atoms with van der Waals surface area (Å²) in [4.78, 5) is 12.1. The fourth-order valence-electron chi connectivity index (χ4n) is 2.83. The molecule has 3 rings (SSSR count). The average Bonchev–Trinajstić information content (AvgIpc) is 3.30. The van der Waals surface area contributed by atoms with Crippen molar-refractivity contribution in [3.05, 3.63) is 71.6 Å². The van der Waals surface area contributed by atoms with Crippen molar-refractivity contribution in [2.24, 2.45) is 0 Å². The van der Waals surface area contributed by atoms with Crippen molar-refractivity contribution in [2.75, 3.05) is 23.3 Å². The molecule has 0 aliphatic heterocycles. The summed E-state index contributed by atoms with van der Waals surface area (Å²) in [7, 11) is -2.08. The predicted octanol–water partition coefficient (Wildman–Crippen LogP) is 4.54. The van der Waals surface area contributed by atoms with Gasteiger partial charge in [-0.3, -0.25) is 9.10 Å². The molecule has 0 fully saturated rings. The zero-order valence-corrected chi connectivity index (χ0v) is 18.5. The summed E-state index contributed by atoms with van der Waals surface area (Å²) in [5, 5.41) is 4.52. The minimum Gasteiger partial charge on any atom is -0.484 e. The third-order valence-electron chi connectivity index (χ3n) is 4.46. The highest BCUT2D eigenvalue weighted by Crippen LogP contribution is 2.26. The Morgan fingerprint density at radius 3 is 2.37 bits per heavy atom. The summed E-state index contributed by atoms with van der Waals surface area (Å²) in [5.74, 6) is 0.217. The first-order valence-electron chi connectivity index (χ1n) is 9.54. The first-order valence-corrected chi connectivity index (χ1v) is 11.9. The average molecular weight is 445 g/mol. The van der Waals surface area contributed by atoms with Crippen molar-refractivity contribution >= 4 is 38.6 Å². The highest BCUT2D eigenvalue weighted by Gasteiger charge is 2.22. The lowest BCUT2D eigenvalue weighted by molar-refractivity contribution is -0.118. The third kappa shape index (κ3) is 5.40. The maximum atomic E-state index is 12.6. The molecule has 0 unspecified atom stereocenters. The van der Waals surface area contributed by atoms with E-state index in [1.54, 1.807) is 41.8 Å². The topological polar surface area (TPSA) is 75.7 Å². The zero-order valence-electron chi connectivity index (χ0n) is 16.9. The Morgan fingerprint density at radius 2 is 1.77 bits per heavy atom. The monoisotopic (exact) mass is 444 g/mol. The molecule has 6 nitrogen and oxygen atoms in total. The van der Waals surface area contributed by atoms with E-state index in [9.17, 15) is 13.2 Å². The van der Waals surface area contributed by atoms with Gasteiger partial charge >= 0.3 is 0 Å². The Morgan fingerprint density at radius 1 is 1.07 bits per heavy atom. The lowest BCUT2D eigenvalue weighted by Crippen LogP contribution is -2.25. The summed E-state index contributed by atoms with van der Waals surface area (Å²) in [5.41, 5.74) is 2.46. The molecule has 0 saturated carbocycles. The number of nitrogens with one attached hydrogen (secondary N) is 1. The van der Waals surface area contributed by atoms with E-state index in [0.29, 0.717) is 11.4 Å². The van der Waals surface area contributed by atoms with Crippen LogP contribution in [0.15, 0.2) is 70.3 Å². The molecule has 0 aliphatic carbocycles. The molecule has 1 N–H and O–H groups in total. The molecule has 158 valence electrons. The van der Waals surface area contributed by atoms with Crippen LogP contribution in [0.2, 0.25) is 0 Å². The predicted molar refractivity (Wildman–Crippen MR) is 121 cm³/mol. The van der Waals surface area contributed by atoms with Gasteiger partial charge in [-0.1, -0.05) is 31.5 Å². The Kier molecular flexibility index (Phi) is 7.12. The lowest BCUT2D eigenvalue weighted by atomic mass is 10.1. The van der Waals surface area contributed by atoms with Crippen molar-refractivity contribution in [3.8, 4) is 5.75 Å². The van der Waals surface area contributed by atoms with Gasteiger partial charge in [-0.2, -0.15) is 0 Å². The van der Waals surface area contributed by atoms with Gasteiger partial charge in [-0.05, 0) is 59.8 Å². The summed E-state index contributed by atoms with van der Waals surface area (Å²) in [6.45, 7) is 1.99. The van der Waals surface area contributed by atoms with Crippen LogP contribution in [-0.4, -0.2) is 28.0 Å². The van der Waals surface area contributed by atoms with Gasteiger partial charge in [0.15, 0.2) is 6.61 Å². The van der Waals surface area contributed by atoms with E-state index in [0.717, 1.165) is 18.5 Å². The fourth-order valence-corrected chi connectivity index (χ4v) is 5.18. The van der Waals surface area contributed by atoms with Crippen molar-refractivity contribution in [2.45, 2.75) is 24.0 Å². The van der Waals surface area contributed by atoms with E-state index in [-0.39, 0.29) is 16.7 Å². The number of hydrogen-bond donors (Lipinski definition) is 1. The highest BCUT2D eigenvalue weighted by molar-refractivity contribution is 7.94. The Hall–Kier alpha value is -2.84. The van der Waals surface area contributed by atoms with Gasteiger partial charge in [-0.15, -0.1) is 11.3 Å². The molecule has 0 radical (unpaired) electrons. The van der Waals surface area contributed by atoms with Gasteiger partial charge in [0.25, 0.3) is 15.9 Å². The second kappa shape index (κ2) is 9.77. The molecule has 0 bridgehead atoms. The molecule has 0 aliphatic rings. The summed E-state index contributed by atoms with van der Waals surface area (Å²) in [6, 6.07) is 17.6. The fraction of sp³-hybridized carbons (Fsp3) is 0.227. The van der Waals surface area contributed by atoms with Crippen molar-refractivity contribution in [1.29, 1.82) is 0 Å². The number of nitrogens with zero attached hydrogens (tertiary/aromatic N) is 1. The smallest absolute Gasteiger partial charge is 0.273 e. The first kappa shape index (κ1) is 21.9. The highest BCUT2D eigenvalue weighted by atomic mass is 32.2. The summed E-state index contributed by atoms with van der Waals surface area (Å²) < 4.78 is 32.2. The molecule has 2 aromatic carbocycles. The number of carbonyl (C=O) groups is 1. The molecule has 1 aromatic heterocycles. The number of thiophene rings is 1. The van der Waals surface area contributed by atoms with Gasteiger partial charge in [0, 0.05) is 12.7 Å². The molecule has 3 aromatic rings. The number of benzene rings is 2. The number of sulfonamides is 1. The molecule has 0 saturated heterocycles. The molecular formula is C22H24N2O4S2. The molecular weight excluding hydrogens is 420 g/mol. The third-order valence-corrected chi connectivity index (χ3v) is 7.62. The van der Waals surface area contributed by atoms with Crippen LogP contribution in [0.4, 0.5) is 11.4 Å². The van der Waals surface area contributed by atoms with E-state index < -0.39 is 10.0 Å². The number of carbonyl (C=O) groups excluding carboxylic acids is 1. The summed E-state index contributed by atoms with van der Waals surface area (Å²) >= 11 is 1.17. The van der Waals surface area contributed by atoms with Crippen LogP contribution in [0, 0.1) is 0 Å². The minimum absolute atomic E-state index is 0.139. The number of amides is 1. The number of ether oxygens (including phenoxy) is 1. The van der Waals surface area contributed by atoms with Crippen LogP contribution in [-0.2, 0) is 21.2 Å². The maximum Gasteiger partial charge on any atom is 0.273 e. The van der Waals surface area contributed by atoms with E-state index in [4.69, 9.17) is 4.74 Å². The number of hydrogen-bond acceptors (Lipinski definition) is 5. The van der Waals surface area contributed by atoms with Gasteiger partial charge in [0.05, 0.1) is 5.69 Å². The molecule has 8 heteroatoms. The SMILES string of the molecule is CCCc1ccc(NC(=O)COc2ccc(N(C)S(=O)(=O)c3cccs3)cc2)cc1. The van der Waals surface area contributed by atoms with Gasteiger partial charge in [0.1, 0.15) is 9.96 Å². The van der Waals surface area contributed by atoms with Gasteiger partial charge in [0.2, 0.25) is 0 Å². The second-order valence-electron chi connectivity index (χ2n) is 6.68. The quantitative estimate of drug-likeness (QED) is 0.526. The molecule has 1 heterocycles. The van der Waals surface area contributed by atoms with Crippen LogP contribution in [0.1, 0.15) is 18.9 Å². The normalized spacial score (nSPS) is 11.1. The largest absolute Gasteiger partial charge is 0.484 e. The first-order chi connectivity index (χ1) is 14.4. The van der Waals surface area contributed by atoms with Gasteiger partial charge < -0.3 is 10.1 Å². The molecule has 1 amide bonds. The maximum absolute atomic E-state index is 12.6. The van der Waals surface area contributed by atoms with Crippen molar-refractivity contribution in [1.82, 2.24) is 0 Å². The standard InChI is InChI=1S/C22H24N2O4S2/c1-3-5-17-7-9-18(10-8-17)23-21(25)16-28-20-13-11-19(12-14-20)24(2)30(26,27)22-6-4-15-29-22/h4,6-15H,3,5,16H2,1-2H3,(H,23,25). The zero-order chi connectivity index (χ0) is 21.6. The van der Waals surface area contributed by atoms with Crippen molar-refractivity contribution in [3.63, 3.8) is 0 Å². The number of anilines is 2. The lowest BCUT2D eigenvalue weighted by Gasteiger charge is -2.18. The van der Waals surface area contributed by atoms with Crippen LogP contribution < -0.4 is 14.4 Å². The molecule has 0 atom stereocenters. The van der Waals surface area contributed by atoms with Crippen molar-refractivity contribution < 1.29 is 17.9 Å².